The molecule has 138 valence electrons. The fourth-order valence-corrected chi connectivity index (χ4v) is 3.34. The molecule has 0 aliphatic carbocycles. The molecule has 1 N–H and O–H groups in total. The molecule has 3 rings (SSSR count). The van der Waals surface area contributed by atoms with Crippen molar-refractivity contribution in [3.63, 3.8) is 0 Å². The van der Waals surface area contributed by atoms with E-state index in [1.807, 2.05) is 31.2 Å². The van der Waals surface area contributed by atoms with Crippen LogP contribution in [-0.2, 0) is 20.7 Å². The molecule has 0 saturated carbocycles. The average molecular weight is 357 g/mol. The fourth-order valence-electron chi connectivity index (χ4n) is 3.34. The first-order chi connectivity index (χ1) is 12.6. The Hall–Kier alpha value is -2.60. The van der Waals surface area contributed by atoms with Gasteiger partial charge in [0, 0.05) is 42.7 Å². The van der Waals surface area contributed by atoms with Crippen LogP contribution >= 0.6 is 0 Å². The second-order valence-electron chi connectivity index (χ2n) is 6.33. The zero-order valence-corrected chi connectivity index (χ0v) is 14.8. The number of carboxylic acids is 1. The molecule has 26 heavy (non-hydrogen) atoms. The number of carbonyl (C=O) groups is 2. The Balaban J connectivity index is 1.85. The van der Waals surface area contributed by atoms with E-state index in [1.54, 1.807) is 6.08 Å². The maximum atomic E-state index is 12.7. The van der Waals surface area contributed by atoms with Crippen LogP contribution in [0.1, 0.15) is 31.1 Å². The molecule has 6 heteroatoms. The van der Waals surface area contributed by atoms with Gasteiger partial charge in [0.1, 0.15) is 17.9 Å². The van der Waals surface area contributed by atoms with Crippen LogP contribution in [0.2, 0.25) is 0 Å². The van der Waals surface area contributed by atoms with E-state index < -0.39 is 5.97 Å². The maximum absolute atomic E-state index is 12.7. The molecule has 0 atom stereocenters. The first kappa shape index (κ1) is 18.2. The van der Waals surface area contributed by atoms with Crippen molar-refractivity contribution in [3.05, 3.63) is 41.7 Å². The van der Waals surface area contributed by atoms with Gasteiger partial charge in [0.25, 0.3) is 0 Å². The van der Waals surface area contributed by atoms with Gasteiger partial charge >= 0.3 is 5.97 Å². The van der Waals surface area contributed by atoms with Gasteiger partial charge in [0.15, 0.2) is 0 Å². The van der Waals surface area contributed by atoms with Crippen molar-refractivity contribution in [2.24, 2.45) is 0 Å². The van der Waals surface area contributed by atoms with E-state index in [0.29, 0.717) is 32.5 Å². The molecule has 2 heterocycles. The predicted molar refractivity (Wildman–Crippen MR) is 97.8 cm³/mol. The monoisotopic (exact) mass is 357 g/mol. The van der Waals surface area contributed by atoms with Crippen LogP contribution in [0.15, 0.2) is 34.8 Å². The summed E-state index contributed by atoms with van der Waals surface area (Å²) in [6.45, 7) is 2.78. The number of rotatable bonds is 6. The van der Waals surface area contributed by atoms with Gasteiger partial charge in [-0.25, -0.2) is 0 Å². The molecule has 0 bridgehead atoms. The number of hydrogen-bond acceptors (Lipinski definition) is 4. The third-order valence-corrected chi connectivity index (χ3v) is 4.64. The summed E-state index contributed by atoms with van der Waals surface area (Å²) in [5.41, 5.74) is 1.65. The molecule has 1 aliphatic heterocycles. The van der Waals surface area contributed by atoms with Crippen LogP contribution in [0.4, 0.5) is 0 Å². The molecule has 1 saturated heterocycles. The Morgan fingerprint density at radius 2 is 2.00 bits per heavy atom. The van der Waals surface area contributed by atoms with Gasteiger partial charge in [0.05, 0.1) is 0 Å². The van der Waals surface area contributed by atoms with E-state index in [4.69, 9.17) is 9.15 Å². The van der Waals surface area contributed by atoms with Crippen LogP contribution in [-0.4, -0.2) is 47.7 Å². The molecular weight excluding hydrogens is 334 g/mol. The van der Waals surface area contributed by atoms with Gasteiger partial charge in [-0.1, -0.05) is 25.1 Å². The van der Waals surface area contributed by atoms with Crippen LogP contribution in [0.5, 0.6) is 0 Å². The normalized spacial score (nSPS) is 15.6. The van der Waals surface area contributed by atoms with Gasteiger partial charge in [-0.2, -0.15) is 0 Å². The lowest BCUT2D eigenvalue weighted by molar-refractivity contribution is -0.145. The lowest BCUT2D eigenvalue weighted by Crippen LogP contribution is -2.45. The standard InChI is InChI=1S/C20H23NO5/c1-2-17-16(15-5-3-4-6-18(15)26-17)7-8-19(22)21(13-20(23)24)14-9-11-25-12-10-14/h3-8,14H,2,9-13H2,1H3,(H,23,24). The molecule has 6 nitrogen and oxygen atoms in total. The van der Waals surface area contributed by atoms with Crippen molar-refractivity contribution in [1.29, 1.82) is 0 Å². The number of benzene rings is 1. The van der Waals surface area contributed by atoms with Gasteiger partial charge < -0.3 is 19.2 Å². The highest BCUT2D eigenvalue weighted by Gasteiger charge is 2.26. The highest BCUT2D eigenvalue weighted by atomic mass is 16.5. The van der Waals surface area contributed by atoms with Gasteiger partial charge in [0.2, 0.25) is 5.91 Å². The average Bonchev–Trinajstić information content (AvgIpc) is 3.02. The summed E-state index contributed by atoms with van der Waals surface area (Å²) in [6.07, 6.45) is 5.21. The number of ether oxygens (including phenoxy) is 1. The minimum atomic E-state index is -1.01. The number of carbonyl (C=O) groups excluding carboxylic acids is 1. The highest BCUT2D eigenvalue weighted by Crippen LogP contribution is 2.27. The minimum Gasteiger partial charge on any atom is -0.480 e. The van der Waals surface area contributed by atoms with Crippen LogP contribution in [0.3, 0.4) is 0 Å². The van der Waals surface area contributed by atoms with Gasteiger partial charge in [-0.05, 0) is 25.0 Å². The zero-order chi connectivity index (χ0) is 18.5. The Kier molecular flexibility index (Phi) is 5.73. The number of amides is 1. The highest BCUT2D eigenvalue weighted by molar-refractivity contribution is 5.97. The van der Waals surface area contributed by atoms with E-state index in [2.05, 4.69) is 0 Å². The number of nitrogens with zero attached hydrogens (tertiary/aromatic N) is 1. The van der Waals surface area contributed by atoms with Crippen molar-refractivity contribution in [1.82, 2.24) is 4.90 Å². The summed E-state index contributed by atoms with van der Waals surface area (Å²) in [5, 5.41) is 10.1. The van der Waals surface area contributed by atoms with Crippen molar-refractivity contribution < 1.29 is 23.8 Å². The van der Waals surface area contributed by atoms with Crippen molar-refractivity contribution in [2.45, 2.75) is 32.2 Å². The number of carboxylic acid groups (broad SMARTS) is 1. The van der Waals surface area contributed by atoms with E-state index in [0.717, 1.165) is 22.3 Å². The number of fused-ring (bicyclic) bond motifs is 1. The lowest BCUT2D eigenvalue weighted by Gasteiger charge is -2.32. The first-order valence-electron chi connectivity index (χ1n) is 8.88. The number of aryl methyl sites for hydroxylation is 1. The first-order valence-corrected chi connectivity index (χ1v) is 8.88. The number of aliphatic carboxylic acids is 1. The van der Waals surface area contributed by atoms with Crippen molar-refractivity contribution >= 4 is 28.9 Å². The fraction of sp³-hybridized carbons (Fsp3) is 0.400. The Morgan fingerprint density at radius 3 is 2.69 bits per heavy atom. The summed E-state index contributed by atoms with van der Waals surface area (Å²) in [6, 6.07) is 7.57. The van der Waals surface area contributed by atoms with Crippen molar-refractivity contribution in [3.8, 4) is 0 Å². The molecule has 2 aromatic rings. The number of para-hydroxylation sites is 1. The third-order valence-electron chi connectivity index (χ3n) is 4.64. The molecule has 0 spiro atoms. The summed E-state index contributed by atoms with van der Waals surface area (Å²) in [5.74, 6) is -0.501. The molecule has 0 unspecified atom stereocenters. The van der Waals surface area contributed by atoms with Crippen LogP contribution in [0, 0.1) is 0 Å². The van der Waals surface area contributed by atoms with E-state index in [1.165, 1.54) is 11.0 Å². The topological polar surface area (TPSA) is 80.0 Å². The largest absolute Gasteiger partial charge is 0.480 e. The van der Waals surface area contributed by atoms with E-state index in [-0.39, 0.29) is 18.5 Å². The zero-order valence-electron chi connectivity index (χ0n) is 14.8. The molecule has 1 aromatic carbocycles. The maximum Gasteiger partial charge on any atom is 0.323 e. The second kappa shape index (κ2) is 8.19. The molecule has 1 fully saturated rings. The summed E-state index contributed by atoms with van der Waals surface area (Å²) in [4.78, 5) is 25.3. The molecule has 1 aliphatic rings. The minimum absolute atomic E-state index is 0.108. The lowest BCUT2D eigenvalue weighted by atomic mass is 10.1. The number of hydrogen-bond donors (Lipinski definition) is 1. The Bertz CT molecular complexity index is 817. The smallest absolute Gasteiger partial charge is 0.323 e. The summed E-state index contributed by atoms with van der Waals surface area (Å²) >= 11 is 0. The van der Waals surface area contributed by atoms with Crippen molar-refractivity contribution in [2.75, 3.05) is 19.8 Å². The Morgan fingerprint density at radius 1 is 1.27 bits per heavy atom. The third kappa shape index (κ3) is 3.96. The quantitative estimate of drug-likeness (QED) is 0.804. The van der Waals surface area contributed by atoms with Gasteiger partial charge in [-0.15, -0.1) is 0 Å². The SMILES string of the molecule is CCc1oc2ccccc2c1C=CC(=O)N(CC(=O)O)C1CCOCC1. The molecule has 0 radical (unpaired) electrons. The molecule has 1 aromatic heterocycles. The summed E-state index contributed by atoms with van der Waals surface area (Å²) < 4.78 is 11.2. The molecule has 1 amide bonds. The predicted octanol–water partition coefficient (Wildman–Crippen LogP) is 3.10. The van der Waals surface area contributed by atoms with E-state index in [9.17, 15) is 14.7 Å². The summed E-state index contributed by atoms with van der Waals surface area (Å²) in [7, 11) is 0. The Labute approximate surface area is 152 Å². The van der Waals surface area contributed by atoms with Crippen LogP contribution < -0.4 is 0 Å². The van der Waals surface area contributed by atoms with Crippen LogP contribution in [0.25, 0.3) is 17.0 Å². The van der Waals surface area contributed by atoms with Gasteiger partial charge in [-0.3, -0.25) is 9.59 Å². The van der Waals surface area contributed by atoms with E-state index >= 15 is 0 Å². The second-order valence-corrected chi connectivity index (χ2v) is 6.33. The number of furan rings is 1. The molecular formula is C20H23NO5.